The number of hydrogen-bond acceptors (Lipinski definition) is 4. The van der Waals surface area contributed by atoms with Gasteiger partial charge in [-0.05, 0) is 31.2 Å². The van der Waals surface area contributed by atoms with Crippen LogP contribution in [0.25, 0.3) is 5.69 Å². The highest BCUT2D eigenvalue weighted by Crippen LogP contribution is 2.18. The molecule has 0 aliphatic rings. The molecule has 0 radical (unpaired) electrons. The van der Waals surface area contributed by atoms with Crippen molar-refractivity contribution in [2.45, 2.75) is 13.0 Å². The number of nitrogens with one attached hydrogen (secondary N) is 2. The maximum absolute atomic E-state index is 12.4. The van der Waals surface area contributed by atoms with Crippen molar-refractivity contribution in [3.8, 4) is 5.69 Å². The fourth-order valence-electron chi connectivity index (χ4n) is 2.29. The molecule has 1 heterocycles. The van der Waals surface area contributed by atoms with Crippen LogP contribution in [0.15, 0.2) is 67.3 Å². The van der Waals surface area contributed by atoms with E-state index in [9.17, 15) is 9.59 Å². The molecule has 3 aromatic rings. The van der Waals surface area contributed by atoms with Crippen LogP contribution in [0.5, 0.6) is 0 Å². The first-order valence-electron chi connectivity index (χ1n) is 7.76. The van der Waals surface area contributed by atoms with Gasteiger partial charge in [-0.1, -0.05) is 30.3 Å². The Bertz CT molecular complexity index is 862. The zero-order chi connectivity index (χ0) is 17.6. The van der Waals surface area contributed by atoms with E-state index in [0.29, 0.717) is 16.9 Å². The summed E-state index contributed by atoms with van der Waals surface area (Å²) in [6, 6.07) is 15.3. The van der Waals surface area contributed by atoms with Crippen LogP contribution in [-0.4, -0.2) is 32.6 Å². The molecule has 1 atom stereocenters. The number of carbonyl (C=O) groups is 2. The Labute approximate surface area is 144 Å². The van der Waals surface area contributed by atoms with Crippen molar-refractivity contribution >= 4 is 17.5 Å². The maximum Gasteiger partial charge on any atom is 0.251 e. The molecule has 7 nitrogen and oxygen atoms in total. The summed E-state index contributed by atoms with van der Waals surface area (Å²) >= 11 is 0. The van der Waals surface area contributed by atoms with Gasteiger partial charge in [-0.2, -0.15) is 5.10 Å². The molecule has 0 spiro atoms. The van der Waals surface area contributed by atoms with Crippen LogP contribution in [0.2, 0.25) is 0 Å². The van der Waals surface area contributed by atoms with Gasteiger partial charge in [-0.3, -0.25) is 9.59 Å². The molecule has 1 aromatic heterocycles. The molecule has 3 rings (SSSR count). The zero-order valence-electron chi connectivity index (χ0n) is 13.6. The number of anilines is 1. The van der Waals surface area contributed by atoms with E-state index in [0.717, 1.165) is 0 Å². The number of nitrogens with zero attached hydrogens (tertiary/aromatic N) is 3. The molecule has 2 aromatic carbocycles. The lowest BCUT2D eigenvalue weighted by molar-refractivity contribution is -0.117. The van der Waals surface area contributed by atoms with Crippen LogP contribution in [0.3, 0.4) is 0 Å². The standard InChI is InChI=1S/C18H17N5O2/c1-13(21-18(25)14-7-3-2-4-8-14)17(24)22-15-9-5-6-10-16(15)23-12-19-11-20-23/h2-13H,1H3,(H,21,25)(H,22,24). The van der Waals surface area contributed by atoms with E-state index in [1.165, 1.54) is 6.33 Å². The lowest BCUT2D eigenvalue weighted by atomic mass is 10.2. The van der Waals surface area contributed by atoms with Gasteiger partial charge < -0.3 is 10.6 Å². The summed E-state index contributed by atoms with van der Waals surface area (Å²) in [6.07, 6.45) is 2.97. The number of aromatic nitrogens is 3. The number of amides is 2. The normalized spacial score (nSPS) is 11.6. The Balaban J connectivity index is 1.69. The van der Waals surface area contributed by atoms with Crippen LogP contribution < -0.4 is 10.6 Å². The third kappa shape index (κ3) is 3.89. The average Bonchev–Trinajstić information content (AvgIpc) is 3.17. The molecule has 1 unspecified atom stereocenters. The molecule has 7 heteroatoms. The highest BCUT2D eigenvalue weighted by molar-refractivity contribution is 6.01. The van der Waals surface area contributed by atoms with Crippen LogP contribution >= 0.6 is 0 Å². The minimum atomic E-state index is -0.698. The molecule has 0 saturated carbocycles. The molecule has 0 bridgehead atoms. The molecular formula is C18H17N5O2. The highest BCUT2D eigenvalue weighted by Gasteiger charge is 2.18. The van der Waals surface area contributed by atoms with Crippen molar-refractivity contribution in [2.24, 2.45) is 0 Å². The monoisotopic (exact) mass is 335 g/mol. The van der Waals surface area contributed by atoms with Gasteiger partial charge in [0.05, 0.1) is 11.4 Å². The largest absolute Gasteiger partial charge is 0.341 e. The summed E-state index contributed by atoms with van der Waals surface area (Å²) in [7, 11) is 0. The quantitative estimate of drug-likeness (QED) is 0.746. The Kier molecular flexibility index (Phi) is 4.84. The number of rotatable bonds is 5. The SMILES string of the molecule is CC(NC(=O)c1ccccc1)C(=O)Nc1ccccc1-n1cncn1. The zero-order valence-corrected chi connectivity index (χ0v) is 13.6. The minimum absolute atomic E-state index is 0.298. The van der Waals surface area contributed by atoms with Gasteiger partial charge in [0, 0.05) is 5.56 Å². The van der Waals surface area contributed by atoms with Crippen molar-refractivity contribution in [3.05, 3.63) is 72.8 Å². The predicted molar refractivity (Wildman–Crippen MR) is 93.4 cm³/mol. The third-order valence-electron chi connectivity index (χ3n) is 3.60. The Morgan fingerprint density at radius 2 is 1.76 bits per heavy atom. The van der Waals surface area contributed by atoms with E-state index < -0.39 is 6.04 Å². The van der Waals surface area contributed by atoms with Gasteiger partial charge in [0.25, 0.3) is 5.91 Å². The van der Waals surface area contributed by atoms with E-state index in [4.69, 9.17) is 0 Å². The second kappa shape index (κ2) is 7.39. The van der Waals surface area contributed by atoms with Gasteiger partial charge in [0.15, 0.2) is 0 Å². The average molecular weight is 335 g/mol. The molecular weight excluding hydrogens is 318 g/mol. The molecule has 0 saturated heterocycles. The van der Waals surface area contributed by atoms with Crippen LogP contribution in [0.1, 0.15) is 17.3 Å². The van der Waals surface area contributed by atoms with Crippen molar-refractivity contribution in [3.63, 3.8) is 0 Å². The van der Waals surface area contributed by atoms with E-state index in [1.807, 2.05) is 24.3 Å². The summed E-state index contributed by atoms with van der Waals surface area (Å²) in [5.74, 6) is -0.621. The smallest absolute Gasteiger partial charge is 0.251 e. The first-order valence-corrected chi connectivity index (χ1v) is 7.76. The fourth-order valence-corrected chi connectivity index (χ4v) is 2.29. The summed E-state index contributed by atoms with van der Waals surface area (Å²) in [4.78, 5) is 28.5. The van der Waals surface area contributed by atoms with Crippen molar-refractivity contribution in [2.75, 3.05) is 5.32 Å². The van der Waals surface area contributed by atoms with E-state index >= 15 is 0 Å². The van der Waals surface area contributed by atoms with Gasteiger partial charge in [0.1, 0.15) is 18.7 Å². The van der Waals surface area contributed by atoms with E-state index in [1.54, 1.807) is 48.3 Å². The van der Waals surface area contributed by atoms with Crippen molar-refractivity contribution in [1.82, 2.24) is 20.1 Å². The summed E-state index contributed by atoms with van der Waals surface area (Å²) < 4.78 is 1.56. The predicted octanol–water partition coefficient (Wildman–Crippen LogP) is 2.02. The number of carbonyl (C=O) groups excluding carboxylic acids is 2. The van der Waals surface area contributed by atoms with Crippen LogP contribution in [0, 0.1) is 0 Å². The Morgan fingerprint density at radius 3 is 2.48 bits per heavy atom. The van der Waals surface area contributed by atoms with Gasteiger partial charge in [-0.15, -0.1) is 0 Å². The maximum atomic E-state index is 12.4. The Hall–Kier alpha value is -3.48. The first-order chi connectivity index (χ1) is 12.1. The molecule has 0 fully saturated rings. The lowest BCUT2D eigenvalue weighted by Gasteiger charge is -2.16. The second-order valence-corrected chi connectivity index (χ2v) is 5.41. The molecule has 2 N–H and O–H groups in total. The molecule has 2 amide bonds. The van der Waals surface area contributed by atoms with E-state index in [-0.39, 0.29) is 11.8 Å². The second-order valence-electron chi connectivity index (χ2n) is 5.41. The summed E-state index contributed by atoms with van der Waals surface area (Å²) in [5, 5.41) is 9.57. The van der Waals surface area contributed by atoms with Gasteiger partial charge in [-0.25, -0.2) is 9.67 Å². The highest BCUT2D eigenvalue weighted by atomic mass is 16.2. The van der Waals surface area contributed by atoms with Crippen molar-refractivity contribution < 1.29 is 9.59 Å². The van der Waals surface area contributed by atoms with Crippen molar-refractivity contribution in [1.29, 1.82) is 0 Å². The van der Waals surface area contributed by atoms with E-state index in [2.05, 4.69) is 20.7 Å². The topological polar surface area (TPSA) is 88.9 Å². The first kappa shape index (κ1) is 16.4. The number of para-hydroxylation sites is 2. The lowest BCUT2D eigenvalue weighted by Crippen LogP contribution is -2.41. The minimum Gasteiger partial charge on any atom is -0.341 e. The fraction of sp³-hybridized carbons (Fsp3) is 0.111. The molecule has 126 valence electrons. The van der Waals surface area contributed by atoms with Gasteiger partial charge >= 0.3 is 0 Å². The number of benzene rings is 2. The molecule has 25 heavy (non-hydrogen) atoms. The summed E-state index contributed by atoms with van der Waals surface area (Å²) in [5.41, 5.74) is 1.78. The Morgan fingerprint density at radius 1 is 1.04 bits per heavy atom. The number of hydrogen-bond donors (Lipinski definition) is 2. The summed E-state index contributed by atoms with van der Waals surface area (Å²) in [6.45, 7) is 1.63. The van der Waals surface area contributed by atoms with Crippen LogP contribution in [-0.2, 0) is 4.79 Å². The van der Waals surface area contributed by atoms with Crippen LogP contribution in [0.4, 0.5) is 5.69 Å². The third-order valence-corrected chi connectivity index (χ3v) is 3.60. The molecule has 0 aliphatic heterocycles. The molecule has 0 aliphatic carbocycles. The van der Waals surface area contributed by atoms with Gasteiger partial charge in [0.2, 0.25) is 5.91 Å².